The van der Waals surface area contributed by atoms with Crippen molar-refractivity contribution in [3.05, 3.63) is 58.2 Å². The third-order valence-corrected chi connectivity index (χ3v) is 7.92. The van der Waals surface area contributed by atoms with E-state index in [2.05, 4.69) is 35.1 Å². The fourth-order valence-corrected chi connectivity index (χ4v) is 6.42. The van der Waals surface area contributed by atoms with Crippen molar-refractivity contribution in [3.8, 4) is 16.5 Å². The lowest BCUT2D eigenvalue weighted by Crippen LogP contribution is -2.37. The highest BCUT2D eigenvalue weighted by molar-refractivity contribution is 7.15. The van der Waals surface area contributed by atoms with Crippen LogP contribution in [-0.4, -0.2) is 29.7 Å². The van der Waals surface area contributed by atoms with E-state index in [1.54, 1.807) is 20.3 Å². The maximum absolute atomic E-state index is 13.6. The van der Waals surface area contributed by atoms with E-state index >= 15 is 0 Å². The van der Waals surface area contributed by atoms with Crippen molar-refractivity contribution in [2.24, 2.45) is 0 Å². The Labute approximate surface area is 192 Å². The first kappa shape index (κ1) is 20.9. The van der Waals surface area contributed by atoms with Gasteiger partial charge in [0.1, 0.15) is 5.00 Å². The van der Waals surface area contributed by atoms with Gasteiger partial charge in [-0.1, -0.05) is 6.92 Å². The quantitative estimate of drug-likeness (QED) is 0.535. The molecule has 0 saturated heterocycles. The lowest BCUT2D eigenvalue weighted by Gasteiger charge is -2.30. The molecule has 0 fully saturated rings. The molecule has 7 heteroatoms. The zero-order valence-corrected chi connectivity index (χ0v) is 19.6. The normalized spacial score (nSPS) is 17.1. The van der Waals surface area contributed by atoms with Crippen LogP contribution in [-0.2, 0) is 19.4 Å². The first-order valence-corrected chi connectivity index (χ1v) is 12.1. The van der Waals surface area contributed by atoms with E-state index in [4.69, 9.17) is 9.47 Å². The molecule has 32 heavy (non-hydrogen) atoms. The number of nitrogens with one attached hydrogen (secondary N) is 1. The van der Waals surface area contributed by atoms with Crippen LogP contribution in [0.4, 0.5) is 10.5 Å². The van der Waals surface area contributed by atoms with Crippen LogP contribution in [0.15, 0.2) is 36.5 Å². The molecule has 1 aromatic carbocycles. The fraction of sp³-hybridized carbons (Fsp3) is 0.400. The van der Waals surface area contributed by atoms with Crippen molar-refractivity contribution in [1.82, 2.24) is 9.47 Å². The summed E-state index contributed by atoms with van der Waals surface area (Å²) in [7, 11) is 3.20. The van der Waals surface area contributed by atoms with E-state index in [0.29, 0.717) is 23.7 Å². The number of hydrogen-bond donors (Lipinski definition) is 1. The number of carbonyl (C=O) groups is 1. The lowest BCUT2D eigenvalue weighted by atomic mass is 9.95. The number of ether oxygens (including phenoxy) is 2. The van der Waals surface area contributed by atoms with Gasteiger partial charge in [-0.15, -0.1) is 11.3 Å². The molecule has 2 aromatic heterocycles. The van der Waals surface area contributed by atoms with Gasteiger partial charge < -0.3 is 24.3 Å². The van der Waals surface area contributed by atoms with Gasteiger partial charge in [0.2, 0.25) is 0 Å². The van der Waals surface area contributed by atoms with Gasteiger partial charge in [-0.2, -0.15) is 0 Å². The molecule has 1 N–H and O–H groups in total. The number of nitrogens with zero attached hydrogens (tertiary/aromatic N) is 2. The summed E-state index contributed by atoms with van der Waals surface area (Å²) < 4.78 is 13.1. The number of hydrogen-bond acceptors (Lipinski definition) is 4. The zero-order chi connectivity index (χ0) is 22.2. The number of rotatable bonds is 4. The van der Waals surface area contributed by atoms with Crippen LogP contribution >= 0.6 is 11.3 Å². The first-order valence-electron chi connectivity index (χ1n) is 11.2. The van der Waals surface area contributed by atoms with Gasteiger partial charge in [0, 0.05) is 34.1 Å². The second-order valence-corrected chi connectivity index (χ2v) is 9.43. The number of carbonyl (C=O) groups excluding carboxylic acids is 1. The predicted octanol–water partition coefficient (Wildman–Crippen LogP) is 5.93. The molecule has 3 heterocycles. The molecular weight excluding hydrogens is 422 g/mol. The molecule has 1 unspecified atom stereocenters. The molecule has 0 spiro atoms. The molecule has 0 bridgehead atoms. The second kappa shape index (κ2) is 8.54. The number of aromatic nitrogens is 1. The molecule has 2 aliphatic rings. The lowest BCUT2D eigenvalue weighted by molar-refractivity contribution is 0.181. The minimum absolute atomic E-state index is 0.00369. The van der Waals surface area contributed by atoms with Gasteiger partial charge in [-0.3, -0.25) is 0 Å². The van der Waals surface area contributed by atoms with Crippen molar-refractivity contribution in [3.63, 3.8) is 0 Å². The summed E-state index contributed by atoms with van der Waals surface area (Å²) in [5.74, 6) is 1.23. The standard InChI is InChI=1S/C25H29N3O3S/c1-4-19-20-9-7-13-27(20)24-18(17-8-5-6-10-23(17)32-24)15-28(19)25(29)26-16-11-12-21(30-2)22(14-16)31-3/h7,9,11-14,19H,4-6,8,10,15H2,1-3H3,(H,26,29). The smallest absolute Gasteiger partial charge is 0.322 e. The largest absolute Gasteiger partial charge is 0.493 e. The predicted molar refractivity (Wildman–Crippen MR) is 127 cm³/mol. The summed E-state index contributed by atoms with van der Waals surface area (Å²) in [6, 6.07) is 9.61. The minimum atomic E-state index is -0.0968. The molecule has 0 saturated carbocycles. The van der Waals surface area contributed by atoms with Crippen LogP contribution in [0.2, 0.25) is 0 Å². The highest BCUT2D eigenvalue weighted by Gasteiger charge is 2.34. The Bertz CT molecular complexity index is 1150. The summed E-state index contributed by atoms with van der Waals surface area (Å²) in [6.07, 6.45) is 7.74. The minimum Gasteiger partial charge on any atom is -0.493 e. The summed E-state index contributed by atoms with van der Waals surface area (Å²) in [5.41, 5.74) is 4.65. The van der Waals surface area contributed by atoms with Gasteiger partial charge in [0.15, 0.2) is 11.5 Å². The number of amides is 2. The molecule has 2 amide bonds. The Kier molecular flexibility index (Phi) is 5.59. The Balaban J connectivity index is 1.52. The topological polar surface area (TPSA) is 55.7 Å². The molecule has 3 aromatic rings. The molecule has 0 radical (unpaired) electrons. The molecule has 1 aliphatic carbocycles. The monoisotopic (exact) mass is 451 g/mol. The highest BCUT2D eigenvalue weighted by atomic mass is 32.1. The Morgan fingerprint density at radius 1 is 1.12 bits per heavy atom. The Morgan fingerprint density at radius 2 is 1.94 bits per heavy atom. The van der Waals surface area contributed by atoms with Crippen LogP contribution in [0.25, 0.3) is 5.00 Å². The third-order valence-electron chi connectivity index (χ3n) is 6.59. The number of aryl methyl sites for hydroxylation is 1. The summed E-state index contributed by atoms with van der Waals surface area (Å²) in [6.45, 7) is 2.77. The first-order chi connectivity index (χ1) is 15.6. The van der Waals surface area contributed by atoms with Crippen molar-refractivity contribution in [2.75, 3.05) is 19.5 Å². The van der Waals surface area contributed by atoms with Gasteiger partial charge in [-0.25, -0.2) is 4.79 Å². The summed E-state index contributed by atoms with van der Waals surface area (Å²) in [4.78, 5) is 17.1. The van der Waals surface area contributed by atoms with Gasteiger partial charge >= 0.3 is 6.03 Å². The molecular formula is C25H29N3O3S. The number of urea groups is 1. The molecule has 5 rings (SSSR count). The highest BCUT2D eigenvalue weighted by Crippen LogP contribution is 2.43. The van der Waals surface area contributed by atoms with Crippen LogP contribution in [0.5, 0.6) is 11.5 Å². The number of fused-ring (bicyclic) bond motifs is 5. The number of benzene rings is 1. The average Bonchev–Trinajstić information content (AvgIpc) is 3.41. The van der Waals surface area contributed by atoms with Crippen molar-refractivity contribution in [2.45, 2.75) is 51.6 Å². The third kappa shape index (κ3) is 3.45. The van der Waals surface area contributed by atoms with Crippen LogP contribution < -0.4 is 14.8 Å². The summed E-state index contributed by atoms with van der Waals surface area (Å²) >= 11 is 1.91. The average molecular weight is 452 g/mol. The van der Waals surface area contributed by atoms with Crippen LogP contribution in [0.1, 0.15) is 53.9 Å². The van der Waals surface area contributed by atoms with Crippen LogP contribution in [0, 0.1) is 0 Å². The Morgan fingerprint density at radius 3 is 2.72 bits per heavy atom. The fourth-order valence-electron chi connectivity index (χ4n) is 5.02. The second-order valence-electron chi connectivity index (χ2n) is 8.35. The van der Waals surface area contributed by atoms with E-state index < -0.39 is 0 Å². The number of anilines is 1. The number of thiophene rings is 1. The molecule has 1 atom stereocenters. The van der Waals surface area contributed by atoms with E-state index in [-0.39, 0.29) is 12.1 Å². The summed E-state index contributed by atoms with van der Waals surface area (Å²) in [5, 5.41) is 4.39. The van der Waals surface area contributed by atoms with Crippen LogP contribution in [0.3, 0.4) is 0 Å². The molecule has 1 aliphatic heterocycles. The maximum atomic E-state index is 13.6. The maximum Gasteiger partial charge on any atom is 0.322 e. The van der Waals surface area contributed by atoms with E-state index in [0.717, 1.165) is 19.3 Å². The van der Waals surface area contributed by atoms with Crippen molar-refractivity contribution < 1.29 is 14.3 Å². The zero-order valence-electron chi connectivity index (χ0n) is 18.8. The Hall–Kier alpha value is -2.93. The van der Waals surface area contributed by atoms with Gasteiger partial charge in [-0.05, 0) is 61.9 Å². The SMILES string of the molecule is CCC1c2cccn2-c2sc3c(c2CN1C(=O)Nc1ccc(OC)c(OC)c1)CCCC3. The molecule has 6 nitrogen and oxygen atoms in total. The van der Waals surface area contributed by atoms with Gasteiger partial charge in [0.25, 0.3) is 0 Å². The van der Waals surface area contributed by atoms with E-state index in [9.17, 15) is 4.79 Å². The molecule has 168 valence electrons. The van der Waals surface area contributed by atoms with Crippen molar-refractivity contribution >= 4 is 23.1 Å². The van der Waals surface area contributed by atoms with E-state index in [1.807, 2.05) is 28.4 Å². The van der Waals surface area contributed by atoms with E-state index in [1.165, 1.54) is 39.5 Å². The van der Waals surface area contributed by atoms with Gasteiger partial charge in [0.05, 0.1) is 26.8 Å². The number of methoxy groups -OCH3 is 2. The van der Waals surface area contributed by atoms with Crippen molar-refractivity contribution in [1.29, 1.82) is 0 Å².